The summed E-state index contributed by atoms with van der Waals surface area (Å²) in [7, 11) is 0. The SMILES string of the molecule is O=C(COC(=O)C1(c2ccccc2F)CCCC1)NNC(=O)c1ccco1. The Bertz CT molecular complexity index is 828. The van der Waals surface area contributed by atoms with Crippen LogP contribution in [0.25, 0.3) is 0 Å². The number of ether oxygens (including phenoxy) is 1. The molecule has 0 saturated heterocycles. The maximum atomic E-state index is 14.2. The molecule has 142 valence electrons. The number of furan rings is 1. The van der Waals surface area contributed by atoms with Crippen LogP contribution in [0, 0.1) is 5.82 Å². The molecule has 2 amide bonds. The molecule has 0 spiro atoms. The average molecular weight is 374 g/mol. The fraction of sp³-hybridized carbons (Fsp3) is 0.316. The van der Waals surface area contributed by atoms with Crippen molar-refractivity contribution in [3.05, 3.63) is 59.8 Å². The topological polar surface area (TPSA) is 97.6 Å². The number of rotatable bonds is 5. The summed E-state index contributed by atoms with van der Waals surface area (Å²) in [6.45, 7) is -0.590. The van der Waals surface area contributed by atoms with E-state index in [1.54, 1.807) is 18.2 Å². The van der Waals surface area contributed by atoms with Crippen LogP contribution in [0.5, 0.6) is 0 Å². The molecule has 2 N–H and O–H groups in total. The maximum absolute atomic E-state index is 14.2. The molecule has 1 fully saturated rings. The minimum absolute atomic E-state index is 0.0248. The molecule has 27 heavy (non-hydrogen) atoms. The highest BCUT2D eigenvalue weighted by molar-refractivity contribution is 5.93. The van der Waals surface area contributed by atoms with Crippen molar-refractivity contribution in [1.29, 1.82) is 0 Å². The van der Waals surface area contributed by atoms with Crippen molar-refractivity contribution in [2.24, 2.45) is 0 Å². The number of carbonyl (C=O) groups is 3. The van der Waals surface area contributed by atoms with E-state index in [0.29, 0.717) is 18.4 Å². The molecule has 0 aliphatic heterocycles. The summed E-state index contributed by atoms with van der Waals surface area (Å²) in [5, 5.41) is 0. The molecular weight excluding hydrogens is 355 g/mol. The number of carbonyl (C=O) groups excluding carboxylic acids is 3. The molecule has 0 radical (unpaired) electrons. The molecule has 1 aliphatic rings. The third-order valence-electron chi connectivity index (χ3n) is 4.63. The van der Waals surface area contributed by atoms with E-state index in [0.717, 1.165) is 12.8 Å². The Morgan fingerprint density at radius 2 is 1.81 bits per heavy atom. The molecule has 1 heterocycles. The van der Waals surface area contributed by atoms with E-state index in [9.17, 15) is 18.8 Å². The van der Waals surface area contributed by atoms with Gasteiger partial charge in [-0.3, -0.25) is 25.2 Å². The number of hydrogen-bond acceptors (Lipinski definition) is 5. The van der Waals surface area contributed by atoms with E-state index < -0.39 is 35.6 Å². The first kappa shape index (κ1) is 18.6. The van der Waals surface area contributed by atoms with Gasteiger partial charge in [0, 0.05) is 5.56 Å². The predicted octanol–water partition coefficient (Wildman–Crippen LogP) is 2.23. The van der Waals surface area contributed by atoms with Gasteiger partial charge in [0.25, 0.3) is 5.91 Å². The lowest BCUT2D eigenvalue weighted by molar-refractivity contribution is -0.154. The second kappa shape index (κ2) is 8.03. The zero-order valence-corrected chi connectivity index (χ0v) is 14.5. The number of nitrogens with one attached hydrogen (secondary N) is 2. The summed E-state index contributed by atoms with van der Waals surface area (Å²) in [5.41, 5.74) is 3.49. The molecular formula is C19H19FN2O5. The van der Waals surface area contributed by atoms with E-state index >= 15 is 0 Å². The third kappa shape index (κ3) is 3.99. The van der Waals surface area contributed by atoms with E-state index in [1.807, 2.05) is 0 Å². The van der Waals surface area contributed by atoms with Crippen molar-refractivity contribution in [2.75, 3.05) is 6.61 Å². The van der Waals surface area contributed by atoms with Crippen molar-refractivity contribution in [1.82, 2.24) is 10.9 Å². The molecule has 0 atom stereocenters. The standard InChI is InChI=1S/C19H19FN2O5/c20-14-7-2-1-6-13(14)19(9-3-4-10-19)18(25)27-12-16(23)21-22-17(24)15-8-5-11-26-15/h1-2,5-8,11H,3-4,9-10,12H2,(H,21,23)(H,22,24). The van der Waals surface area contributed by atoms with Crippen molar-refractivity contribution in [2.45, 2.75) is 31.1 Å². The molecule has 1 aliphatic carbocycles. The number of esters is 1. The van der Waals surface area contributed by atoms with Crippen LogP contribution in [0.15, 0.2) is 47.1 Å². The molecule has 2 aromatic rings. The highest BCUT2D eigenvalue weighted by atomic mass is 19.1. The molecule has 3 rings (SSSR count). The monoisotopic (exact) mass is 374 g/mol. The predicted molar refractivity (Wildman–Crippen MR) is 91.8 cm³/mol. The Morgan fingerprint density at radius 3 is 2.48 bits per heavy atom. The minimum Gasteiger partial charge on any atom is -0.459 e. The number of hydrogen-bond donors (Lipinski definition) is 2. The van der Waals surface area contributed by atoms with Crippen molar-refractivity contribution in [3.8, 4) is 0 Å². The van der Waals surface area contributed by atoms with Crippen LogP contribution in [0.4, 0.5) is 4.39 Å². The van der Waals surface area contributed by atoms with Crippen LogP contribution < -0.4 is 10.9 Å². The van der Waals surface area contributed by atoms with E-state index in [1.165, 1.54) is 24.5 Å². The zero-order chi connectivity index (χ0) is 19.3. The van der Waals surface area contributed by atoms with Gasteiger partial charge >= 0.3 is 11.9 Å². The molecule has 0 unspecified atom stereocenters. The van der Waals surface area contributed by atoms with Crippen LogP contribution >= 0.6 is 0 Å². The Morgan fingerprint density at radius 1 is 1.07 bits per heavy atom. The first-order valence-electron chi connectivity index (χ1n) is 8.58. The number of hydrazine groups is 1. The highest BCUT2D eigenvalue weighted by Gasteiger charge is 2.45. The quantitative estimate of drug-likeness (QED) is 0.618. The van der Waals surface area contributed by atoms with Gasteiger partial charge in [-0.15, -0.1) is 0 Å². The second-order valence-electron chi connectivity index (χ2n) is 6.32. The van der Waals surface area contributed by atoms with Gasteiger partial charge in [0.2, 0.25) is 0 Å². The molecule has 1 saturated carbocycles. The van der Waals surface area contributed by atoms with Crippen molar-refractivity contribution < 1.29 is 27.9 Å². The summed E-state index contributed by atoms with van der Waals surface area (Å²) in [4.78, 5) is 36.2. The lowest BCUT2D eigenvalue weighted by atomic mass is 9.78. The highest BCUT2D eigenvalue weighted by Crippen LogP contribution is 2.43. The maximum Gasteiger partial charge on any atom is 0.317 e. The normalized spacial score (nSPS) is 15.1. The lowest BCUT2D eigenvalue weighted by Crippen LogP contribution is -2.44. The number of amides is 2. The molecule has 8 heteroatoms. The lowest BCUT2D eigenvalue weighted by Gasteiger charge is -2.27. The Labute approximate surface area is 154 Å². The van der Waals surface area contributed by atoms with Gasteiger partial charge in [-0.05, 0) is 31.0 Å². The number of benzene rings is 1. The van der Waals surface area contributed by atoms with E-state index in [-0.39, 0.29) is 5.76 Å². The molecule has 7 nitrogen and oxygen atoms in total. The fourth-order valence-corrected chi connectivity index (χ4v) is 3.31. The van der Waals surface area contributed by atoms with Crippen molar-refractivity contribution in [3.63, 3.8) is 0 Å². The van der Waals surface area contributed by atoms with Crippen molar-refractivity contribution >= 4 is 17.8 Å². The smallest absolute Gasteiger partial charge is 0.317 e. The van der Waals surface area contributed by atoms with Gasteiger partial charge in [0.1, 0.15) is 5.82 Å². The molecule has 1 aromatic heterocycles. The number of halogens is 1. The van der Waals surface area contributed by atoms with Crippen LogP contribution in [0.1, 0.15) is 41.8 Å². The van der Waals surface area contributed by atoms with Crippen LogP contribution in [0.2, 0.25) is 0 Å². The van der Waals surface area contributed by atoms with E-state index in [4.69, 9.17) is 9.15 Å². The molecule has 0 bridgehead atoms. The Balaban J connectivity index is 1.58. The Hall–Kier alpha value is -3.16. The average Bonchev–Trinajstić information content (AvgIpc) is 3.37. The van der Waals surface area contributed by atoms with Gasteiger partial charge in [-0.2, -0.15) is 0 Å². The van der Waals surface area contributed by atoms with Gasteiger partial charge < -0.3 is 9.15 Å². The van der Waals surface area contributed by atoms with Crippen LogP contribution in [-0.4, -0.2) is 24.4 Å². The van der Waals surface area contributed by atoms with Gasteiger partial charge in [-0.1, -0.05) is 31.0 Å². The summed E-state index contributed by atoms with van der Waals surface area (Å²) in [6, 6.07) is 9.07. The van der Waals surface area contributed by atoms with Gasteiger partial charge in [0.05, 0.1) is 11.7 Å². The largest absolute Gasteiger partial charge is 0.459 e. The summed E-state index contributed by atoms with van der Waals surface area (Å²) < 4.78 is 24.3. The minimum atomic E-state index is -1.08. The van der Waals surface area contributed by atoms with Gasteiger partial charge in [0.15, 0.2) is 12.4 Å². The van der Waals surface area contributed by atoms with Crippen LogP contribution in [-0.2, 0) is 19.7 Å². The first-order valence-corrected chi connectivity index (χ1v) is 8.58. The van der Waals surface area contributed by atoms with E-state index in [2.05, 4.69) is 10.9 Å². The Kier molecular flexibility index (Phi) is 5.54. The second-order valence-corrected chi connectivity index (χ2v) is 6.32. The summed E-state index contributed by atoms with van der Waals surface area (Å²) in [6.07, 6.45) is 3.79. The summed E-state index contributed by atoms with van der Waals surface area (Å²) in [5.74, 6) is -2.44. The van der Waals surface area contributed by atoms with Gasteiger partial charge in [-0.25, -0.2) is 4.39 Å². The summed E-state index contributed by atoms with van der Waals surface area (Å²) >= 11 is 0. The molecule has 1 aromatic carbocycles. The van der Waals surface area contributed by atoms with Crippen LogP contribution in [0.3, 0.4) is 0 Å². The third-order valence-corrected chi connectivity index (χ3v) is 4.63. The zero-order valence-electron chi connectivity index (χ0n) is 14.5. The fourth-order valence-electron chi connectivity index (χ4n) is 3.31. The first-order chi connectivity index (χ1) is 13.0.